The first-order valence-electron chi connectivity index (χ1n) is 12.3. The number of nitrogens with one attached hydrogen (secondary N) is 2. The molecule has 0 fully saturated rings. The maximum atomic E-state index is 12.7. The molecule has 1 aliphatic carbocycles. The molecule has 1 aromatic carbocycles. The van der Waals surface area contributed by atoms with Crippen LogP contribution in [0.3, 0.4) is 0 Å². The minimum absolute atomic E-state index is 0.0171. The van der Waals surface area contributed by atoms with E-state index in [1.807, 2.05) is 6.07 Å². The molecule has 0 saturated carbocycles. The number of hydrogen-bond acceptors (Lipinski definition) is 11. The van der Waals surface area contributed by atoms with Crippen molar-refractivity contribution in [2.24, 2.45) is 11.6 Å². The molecule has 1 atom stereocenters. The van der Waals surface area contributed by atoms with Crippen LogP contribution < -0.4 is 22.3 Å². The Morgan fingerprint density at radius 3 is 2.68 bits per heavy atom. The lowest BCUT2D eigenvalue weighted by atomic mass is 10.0. The van der Waals surface area contributed by atoms with Crippen LogP contribution in [0.25, 0.3) is 22.6 Å². The monoisotopic (exact) mass is 513 g/mol. The number of nitrogens with two attached hydrogens (primary N) is 2. The van der Waals surface area contributed by atoms with E-state index < -0.39 is 0 Å². The van der Waals surface area contributed by atoms with Crippen molar-refractivity contribution in [3.63, 3.8) is 0 Å². The molecule has 12 nitrogen and oxygen atoms in total. The smallest absolute Gasteiger partial charge is 0.250 e. The van der Waals surface area contributed by atoms with Crippen molar-refractivity contribution in [3.8, 4) is 22.6 Å². The van der Waals surface area contributed by atoms with Crippen molar-refractivity contribution in [1.29, 1.82) is 0 Å². The summed E-state index contributed by atoms with van der Waals surface area (Å²) in [5.74, 6) is 6.30. The molecular formula is C26H27N9O3. The van der Waals surface area contributed by atoms with E-state index >= 15 is 0 Å². The molecule has 2 aliphatic rings. The Bertz CT molecular complexity index is 1480. The van der Waals surface area contributed by atoms with Crippen LogP contribution in [0.15, 0.2) is 69.4 Å². The summed E-state index contributed by atoms with van der Waals surface area (Å²) in [4.78, 5) is 23.2. The Hall–Kier alpha value is -4.71. The molecule has 0 saturated heterocycles. The zero-order chi connectivity index (χ0) is 26.1. The number of carbonyl (C=O) groups excluding carboxylic acids is 1. The lowest BCUT2D eigenvalue weighted by Crippen LogP contribution is -2.42. The number of nitrogens with zero attached hydrogens (tertiary/aromatic N) is 5. The van der Waals surface area contributed by atoms with Gasteiger partial charge in [0.15, 0.2) is 0 Å². The largest absolute Gasteiger partial charge is 0.472 e. The van der Waals surface area contributed by atoms with Gasteiger partial charge in [0.05, 0.1) is 24.6 Å². The zero-order valence-electron chi connectivity index (χ0n) is 20.6. The van der Waals surface area contributed by atoms with Crippen LogP contribution in [-0.2, 0) is 24.1 Å². The van der Waals surface area contributed by atoms with Gasteiger partial charge in [-0.2, -0.15) is 0 Å². The van der Waals surface area contributed by atoms with E-state index in [1.54, 1.807) is 29.8 Å². The third-order valence-corrected chi connectivity index (χ3v) is 6.90. The van der Waals surface area contributed by atoms with Crippen LogP contribution in [0.2, 0.25) is 0 Å². The first-order valence-corrected chi connectivity index (χ1v) is 12.3. The van der Waals surface area contributed by atoms with E-state index in [2.05, 4.69) is 49.1 Å². The van der Waals surface area contributed by atoms with E-state index in [0.717, 1.165) is 29.7 Å². The second-order valence-electron chi connectivity index (χ2n) is 9.43. The summed E-state index contributed by atoms with van der Waals surface area (Å²) >= 11 is 0. The number of rotatable bonds is 7. The summed E-state index contributed by atoms with van der Waals surface area (Å²) in [6.45, 7) is 0.819. The molecular weight excluding hydrogens is 486 g/mol. The lowest BCUT2D eigenvalue weighted by Gasteiger charge is -2.28. The van der Waals surface area contributed by atoms with Gasteiger partial charge in [-0.15, -0.1) is 10.2 Å². The first kappa shape index (κ1) is 23.7. The molecule has 38 heavy (non-hydrogen) atoms. The van der Waals surface area contributed by atoms with Crippen LogP contribution in [0.1, 0.15) is 23.4 Å². The van der Waals surface area contributed by atoms with Gasteiger partial charge in [-0.1, -0.05) is 18.2 Å². The fourth-order valence-corrected chi connectivity index (χ4v) is 4.87. The minimum Gasteiger partial charge on any atom is -0.472 e. The summed E-state index contributed by atoms with van der Waals surface area (Å²) in [6.07, 6.45) is 9.03. The highest BCUT2D eigenvalue weighted by atomic mass is 16.4. The van der Waals surface area contributed by atoms with Gasteiger partial charge in [0.1, 0.15) is 6.42 Å². The maximum Gasteiger partial charge on any atom is 0.250 e. The molecule has 1 amide bonds. The van der Waals surface area contributed by atoms with E-state index in [0.29, 0.717) is 36.7 Å². The summed E-state index contributed by atoms with van der Waals surface area (Å²) in [7, 11) is 0. The summed E-state index contributed by atoms with van der Waals surface area (Å²) in [5.41, 5.74) is 15.3. The highest BCUT2D eigenvalue weighted by Crippen LogP contribution is 2.29. The van der Waals surface area contributed by atoms with Crippen LogP contribution >= 0.6 is 0 Å². The SMILES string of the molecule is NNC1=C(N)CN(C(=O)Cc2nnc(-c3cnc(NC4Cc5ccc(-c6ccoc6)cc5C4)nc3)o2)CC1. The highest BCUT2D eigenvalue weighted by molar-refractivity contribution is 5.78. The van der Waals surface area contributed by atoms with Gasteiger partial charge in [-0.05, 0) is 35.6 Å². The van der Waals surface area contributed by atoms with Gasteiger partial charge >= 0.3 is 0 Å². The van der Waals surface area contributed by atoms with E-state index in [9.17, 15) is 4.79 Å². The Morgan fingerprint density at radius 2 is 1.92 bits per heavy atom. The van der Waals surface area contributed by atoms with E-state index in [-0.39, 0.29) is 30.2 Å². The highest BCUT2D eigenvalue weighted by Gasteiger charge is 2.24. The number of fused-ring (bicyclic) bond motifs is 1. The molecule has 0 radical (unpaired) electrons. The molecule has 0 spiro atoms. The van der Waals surface area contributed by atoms with Crippen molar-refractivity contribution in [2.45, 2.75) is 31.7 Å². The van der Waals surface area contributed by atoms with Crippen molar-refractivity contribution in [2.75, 3.05) is 18.4 Å². The van der Waals surface area contributed by atoms with Gasteiger partial charge in [0, 0.05) is 48.4 Å². The Balaban J connectivity index is 1.05. The average molecular weight is 514 g/mol. The number of anilines is 1. The standard InChI is InChI=1S/C26H27N9O3/c27-21-13-35(5-3-22(21)32-28)24(36)10-23-33-34-25(38-23)19-11-29-26(30-12-19)31-20-8-16-2-1-15(7-18(16)9-20)17-4-6-37-14-17/h1-2,4,6-7,11-12,14,20,32H,3,5,8-10,13,27-28H2,(H,29,30,31). The molecule has 0 bridgehead atoms. The Morgan fingerprint density at radius 1 is 1.08 bits per heavy atom. The van der Waals surface area contributed by atoms with E-state index in [1.165, 1.54) is 11.1 Å². The second kappa shape index (κ2) is 9.98. The molecule has 4 heterocycles. The molecule has 6 rings (SSSR count). The van der Waals surface area contributed by atoms with Crippen molar-refractivity contribution >= 4 is 11.9 Å². The fourth-order valence-electron chi connectivity index (χ4n) is 4.87. The van der Waals surface area contributed by atoms with Crippen LogP contribution in [0, 0.1) is 0 Å². The molecule has 12 heteroatoms. The molecule has 4 aromatic rings. The minimum atomic E-state index is -0.149. The number of aromatic nitrogens is 4. The molecule has 194 valence electrons. The van der Waals surface area contributed by atoms with Crippen LogP contribution in [0.4, 0.5) is 5.95 Å². The average Bonchev–Trinajstić information content (AvgIpc) is 3.70. The normalized spacial score (nSPS) is 17.0. The van der Waals surface area contributed by atoms with E-state index in [4.69, 9.17) is 20.4 Å². The number of furan rings is 1. The Labute approximate surface area is 218 Å². The lowest BCUT2D eigenvalue weighted by molar-refractivity contribution is -0.130. The number of carbonyl (C=O) groups is 1. The third kappa shape index (κ3) is 4.81. The number of amides is 1. The van der Waals surface area contributed by atoms with Crippen molar-refractivity contribution < 1.29 is 13.6 Å². The molecule has 1 unspecified atom stereocenters. The topological polar surface area (TPSA) is 174 Å². The van der Waals surface area contributed by atoms with Gasteiger partial charge in [-0.3, -0.25) is 10.6 Å². The van der Waals surface area contributed by atoms with Crippen molar-refractivity contribution in [1.82, 2.24) is 30.5 Å². The maximum absolute atomic E-state index is 12.7. The summed E-state index contributed by atoms with van der Waals surface area (Å²) in [5, 5.41) is 11.5. The number of benzene rings is 1. The van der Waals surface area contributed by atoms with Gasteiger partial charge < -0.3 is 30.2 Å². The quantitative estimate of drug-likeness (QED) is 0.209. The Kier molecular flexibility index (Phi) is 6.22. The summed E-state index contributed by atoms with van der Waals surface area (Å²) in [6, 6.07) is 8.68. The second-order valence-corrected chi connectivity index (χ2v) is 9.43. The van der Waals surface area contributed by atoms with Gasteiger partial charge in [0.2, 0.25) is 17.7 Å². The van der Waals surface area contributed by atoms with Crippen molar-refractivity contribution in [3.05, 3.63) is 77.6 Å². The predicted molar refractivity (Wildman–Crippen MR) is 138 cm³/mol. The van der Waals surface area contributed by atoms with Crippen LogP contribution in [0.5, 0.6) is 0 Å². The first-order chi connectivity index (χ1) is 18.6. The third-order valence-electron chi connectivity index (χ3n) is 6.90. The van der Waals surface area contributed by atoms with Gasteiger partial charge in [-0.25, -0.2) is 9.97 Å². The van der Waals surface area contributed by atoms with Gasteiger partial charge in [0.25, 0.3) is 5.89 Å². The van der Waals surface area contributed by atoms with Crippen LogP contribution in [-0.4, -0.2) is 50.1 Å². The predicted octanol–water partition coefficient (Wildman–Crippen LogP) is 1.77. The molecule has 6 N–H and O–H groups in total. The zero-order valence-corrected chi connectivity index (χ0v) is 20.6. The summed E-state index contributed by atoms with van der Waals surface area (Å²) < 4.78 is 10.9. The number of hydrazine groups is 1. The molecule has 1 aliphatic heterocycles. The molecule has 3 aromatic heterocycles. The number of hydrogen-bond donors (Lipinski definition) is 4. The fraction of sp³-hybridized carbons (Fsp3) is 0.269.